The lowest BCUT2D eigenvalue weighted by Gasteiger charge is -2.56. The zero-order chi connectivity index (χ0) is 18.9. The van der Waals surface area contributed by atoms with Crippen LogP contribution in [0.1, 0.15) is 50.5 Å². The van der Waals surface area contributed by atoms with Crippen LogP contribution in [0.2, 0.25) is 0 Å². The molecule has 0 spiro atoms. The van der Waals surface area contributed by atoms with E-state index in [1.165, 1.54) is 38.5 Å². The van der Waals surface area contributed by atoms with Gasteiger partial charge >= 0.3 is 0 Å². The molecule has 0 atom stereocenters. The Morgan fingerprint density at radius 1 is 0.929 bits per heavy atom. The normalized spacial score (nSPS) is 29.8. The average Bonchev–Trinajstić information content (AvgIpc) is 2.60. The first-order chi connectivity index (χ1) is 13.0. The highest BCUT2D eigenvalue weighted by atomic mass is 35.5. The first kappa shape index (κ1) is 21.0. The second-order valence-corrected chi connectivity index (χ2v) is 9.21. The number of halogens is 1. The van der Waals surface area contributed by atoms with Crippen LogP contribution in [0.25, 0.3) is 0 Å². The molecule has 4 aliphatic rings. The zero-order valence-corrected chi connectivity index (χ0v) is 17.2. The van der Waals surface area contributed by atoms with E-state index in [1.54, 1.807) is 0 Å². The smallest absolute Gasteiger partial charge is 0.239 e. The summed E-state index contributed by atoms with van der Waals surface area (Å²) in [4.78, 5) is 24.5. The number of rotatable bonds is 7. The maximum absolute atomic E-state index is 12.5. The van der Waals surface area contributed by atoms with Gasteiger partial charge in [-0.15, -0.1) is 12.4 Å². The van der Waals surface area contributed by atoms with E-state index in [0.29, 0.717) is 13.0 Å². The molecule has 4 aliphatic carbocycles. The van der Waals surface area contributed by atoms with Gasteiger partial charge in [-0.25, -0.2) is 0 Å². The summed E-state index contributed by atoms with van der Waals surface area (Å²) in [6.45, 7) is 0.639. The first-order valence-corrected chi connectivity index (χ1v) is 10.4. The van der Waals surface area contributed by atoms with Gasteiger partial charge in [0.25, 0.3) is 0 Å². The Bertz CT molecular complexity index is 669. The van der Waals surface area contributed by atoms with Gasteiger partial charge in [0, 0.05) is 18.7 Å². The number of benzene rings is 1. The standard InChI is InChI=1S/C22H31N3O2.ClH/c23-19-3-1-15(2-4-19)5-6-24-21(27)14-25-20(26)13-22-10-16-7-17(11-22)9-18(8-16)12-22;/h1-4,16-18H,5-14,23H2,(H,24,27)(H,25,26);1H. The molecule has 6 heteroatoms. The van der Waals surface area contributed by atoms with Crippen LogP contribution in [0, 0.1) is 23.2 Å². The van der Waals surface area contributed by atoms with Gasteiger partial charge in [-0.05, 0) is 85.8 Å². The van der Waals surface area contributed by atoms with Crippen molar-refractivity contribution < 1.29 is 9.59 Å². The fourth-order valence-electron chi connectivity index (χ4n) is 6.18. The Kier molecular flexibility index (Phi) is 6.54. The monoisotopic (exact) mass is 405 g/mol. The molecule has 4 bridgehead atoms. The summed E-state index contributed by atoms with van der Waals surface area (Å²) < 4.78 is 0. The quantitative estimate of drug-likeness (QED) is 0.609. The van der Waals surface area contributed by atoms with Gasteiger partial charge in [0.05, 0.1) is 6.54 Å². The molecule has 4 fully saturated rings. The fourth-order valence-corrected chi connectivity index (χ4v) is 6.18. The summed E-state index contributed by atoms with van der Waals surface area (Å²) in [5.41, 5.74) is 7.77. The van der Waals surface area contributed by atoms with Crippen LogP contribution in [0.3, 0.4) is 0 Å². The van der Waals surface area contributed by atoms with Crippen LogP contribution < -0.4 is 16.4 Å². The minimum absolute atomic E-state index is 0. The summed E-state index contributed by atoms with van der Waals surface area (Å²) >= 11 is 0. The number of hydrogen-bond acceptors (Lipinski definition) is 3. The minimum atomic E-state index is -0.121. The average molecular weight is 406 g/mol. The Morgan fingerprint density at radius 2 is 1.50 bits per heavy atom. The van der Waals surface area contributed by atoms with Crippen molar-refractivity contribution >= 4 is 29.9 Å². The molecular formula is C22H32ClN3O2. The molecule has 0 saturated heterocycles. The van der Waals surface area contributed by atoms with Crippen molar-refractivity contribution in [2.45, 2.75) is 51.4 Å². The van der Waals surface area contributed by atoms with Gasteiger partial charge in [-0.3, -0.25) is 9.59 Å². The van der Waals surface area contributed by atoms with Crippen LogP contribution in [-0.2, 0) is 16.0 Å². The van der Waals surface area contributed by atoms with Crippen LogP contribution in [-0.4, -0.2) is 24.9 Å². The molecule has 5 rings (SSSR count). The molecule has 0 aliphatic heterocycles. The number of nitrogens with two attached hydrogens (primary N) is 1. The van der Waals surface area contributed by atoms with Gasteiger partial charge in [0.2, 0.25) is 11.8 Å². The SMILES string of the molecule is Cl.Nc1ccc(CCNC(=O)CNC(=O)CC23CC4CC(CC(C4)C2)C3)cc1. The summed E-state index contributed by atoms with van der Waals surface area (Å²) in [5.74, 6) is 2.47. The number of carbonyl (C=O) groups excluding carboxylic acids is 2. The number of nitrogen functional groups attached to an aromatic ring is 1. The number of nitrogens with one attached hydrogen (secondary N) is 2. The van der Waals surface area contributed by atoms with Crippen molar-refractivity contribution in [3.63, 3.8) is 0 Å². The molecule has 2 amide bonds. The van der Waals surface area contributed by atoms with Gasteiger partial charge in [-0.2, -0.15) is 0 Å². The van der Waals surface area contributed by atoms with E-state index in [1.807, 2.05) is 24.3 Å². The number of anilines is 1. The topological polar surface area (TPSA) is 84.2 Å². The molecule has 0 unspecified atom stereocenters. The summed E-state index contributed by atoms with van der Waals surface area (Å²) in [7, 11) is 0. The van der Waals surface area contributed by atoms with E-state index >= 15 is 0 Å². The molecule has 0 aromatic heterocycles. The third kappa shape index (κ3) is 4.99. The van der Waals surface area contributed by atoms with Crippen molar-refractivity contribution in [1.82, 2.24) is 10.6 Å². The van der Waals surface area contributed by atoms with Crippen molar-refractivity contribution in [3.8, 4) is 0 Å². The van der Waals surface area contributed by atoms with Crippen LogP contribution >= 0.6 is 12.4 Å². The second-order valence-electron chi connectivity index (χ2n) is 9.21. The Labute approximate surface area is 173 Å². The van der Waals surface area contributed by atoms with E-state index in [9.17, 15) is 9.59 Å². The van der Waals surface area contributed by atoms with Crippen molar-refractivity contribution in [2.75, 3.05) is 18.8 Å². The Morgan fingerprint density at radius 3 is 2.07 bits per heavy atom. The van der Waals surface area contributed by atoms with E-state index in [4.69, 9.17) is 5.73 Å². The third-order valence-electron chi connectivity index (χ3n) is 6.86. The van der Waals surface area contributed by atoms with Gasteiger partial charge < -0.3 is 16.4 Å². The van der Waals surface area contributed by atoms with Gasteiger partial charge in [0.1, 0.15) is 0 Å². The molecule has 28 heavy (non-hydrogen) atoms. The van der Waals surface area contributed by atoms with Crippen LogP contribution in [0.5, 0.6) is 0 Å². The molecule has 4 saturated carbocycles. The molecule has 154 valence electrons. The zero-order valence-electron chi connectivity index (χ0n) is 16.4. The Hall–Kier alpha value is -1.75. The van der Waals surface area contributed by atoms with E-state index in [0.717, 1.165) is 35.4 Å². The predicted octanol–water partition coefficient (Wildman–Crippen LogP) is 3.07. The van der Waals surface area contributed by atoms with E-state index in [2.05, 4.69) is 10.6 Å². The Balaban J connectivity index is 0.00000225. The predicted molar refractivity (Wildman–Crippen MR) is 113 cm³/mol. The lowest BCUT2D eigenvalue weighted by atomic mass is 9.49. The highest BCUT2D eigenvalue weighted by Crippen LogP contribution is 2.61. The van der Waals surface area contributed by atoms with Crippen LogP contribution in [0.15, 0.2) is 24.3 Å². The van der Waals surface area contributed by atoms with E-state index < -0.39 is 0 Å². The van der Waals surface area contributed by atoms with E-state index in [-0.39, 0.29) is 36.2 Å². The maximum Gasteiger partial charge on any atom is 0.239 e. The van der Waals surface area contributed by atoms with Gasteiger partial charge in [-0.1, -0.05) is 12.1 Å². The minimum Gasteiger partial charge on any atom is -0.399 e. The second kappa shape index (κ2) is 8.73. The molecule has 0 heterocycles. The first-order valence-electron chi connectivity index (χ1n) is 10.4. The van der Waals surface area contributed by atoms with Crippen LogP contribution in [0.4, 0.5) is 5.69 Å². The number of carbonyl (C=O) groups is 2. The third-order valence-corrected chi connectivity index (χ3v) is 6.86. The molecule has 0 radical (unpaired) electrons. The highest BCUT2D eigenvalue weighted by Gasteiger charge is 2.51. The molecule has 1 aromatic carbocycles. The number of hydrogen-bond donors (Lipinski definition) is 3. The summed E-state index contributed by atoms with van der Waals surface area (Å²) in [6, 6.07) is 7.66. The largest absolute Gasteiger partial charge is 0.399 e. The van der Waals surface area contributed by atoms with Crippen molar-refractivity contribution in [2.24, 2.45) is 23.2 Å². The van der Waals surface area contributed by atoms with Crippen molar-refractivity contribution in [3.05, 3.63) is 29.8 Å². The molecule has 1 aromatic rings. The molecule has 5 nitrogen and oxygen atoms in total. The lowest BCUT2D eigenvalue weighted by molar-refractivity contribution is -0.131. The molecular weight excluding hydrogens is 374 g/mol. The fraction of sp³-hybridized carbons (Fsp3) is 0.636. The molecule has 4 N–H and O–H groups in total. The van der Waals surface area contributed by atoms with Gasteiger partial charge in [0.15, 0.2) is 0 Å². The number of amides is 2. The highest BCUT2D eigenvalue weighted by molar-refractivity contribution is 5.85. The summed E-state index contributed by atoms with van der Waals surface area (Å²) in [6.07, 6.45) is 9.19. The summed E-state index contributed by atoms with van der Waals surface area (Å²) in [5, 5.41) is 5.72. The lowest BCUT2D eigenvalue weighted by Crippen LogP contribution is -2.48. The van der Waals surface area contributed by atoms with Crippen molar-refractivity contribution in [1.29, 1.82) is 0 Å². The maximum atomic E-state index is 12.5.